The minimum absolute atomic E-state index is 0.393. The van der Waals surface area contributed by atoms with Gasteiger partial charge in [0.25, 0.3) is 0 Å². The van der Waals surface area contributed by atoms with Crippen molar-refractivity contribution in [2.24, 2.45) is 11.7 Å². The first-order valence-corrected chi connectivity index (χ1v) is 3.68. The summed E-state index contributed by atoms with van der Waals surface area (Å²) in [6.45, 7) is 4.12. The lowest BCUT2D eigenvalue weighted by Crippen LogP contribution is -2.21. The average molecular weight is 158 g/mol. The van der Waals surface area contributed by atoms with Crippen LogP contribution in [0.1, 0.15) is 13.8 Å². The lowest BCUT2D eigenvalue weighted by molar-refractivity contribution is 0.796. The van der Waals surface area contributed by atoms with E-state index in [2.05, 4.69) is 19.2 Å². The molecule has 2 nitrogen and oxygen atoms in total. The molecule has 3 heteroatoms. The molecule has 10 heavy (non-hydrogen) atoms. The van der Waals surface area contributed by atoms with E-state index in [1.165, 1.54) is 0 Å². The molecule has 0 radical (unpaired) electrons. The molecule has 0 aliphatic heterocycles. The lowest BCUT2D eigenvalue weighted by Gasteiger charge is -2.10. The van der Waals surface area contributed by atoms with Crippen molar-refractivity contribution in [1.82, 2.24) is 5.32 Å². The summed E-state index contributed by atoms with van der Waals surface area (Å²) in [4.78, 5) is 0.734. The Morgan fingerprint density at radius 3 is 2.20 bits per heavy atom. The molecule has 0 aromatic carbocycles. The fraction of sp³-hybridized carbons (Fsp3) is 0.571. The van der Waals surface area contributed by atoms with Gasteiger partial charge in [0, 0.05) is 18.8 Å². The maximum absolute atomic E-state index is 5.36. The van der Waals surface area contributed by atoms with Gasteiger partial charge in [0.2, 0.25) is 0 Å². The monoisotopic (exact) mass is 158 g/mol. The highest BCUT2D eigenvalue weighted by molar-refractivity contribution is 7.80. The van der Waals surface area contributed by atoms with Crippen LogP contribution >= 0.6 is 12.2 Å². The topological polar surface area (TPSA) is 38.0 Å². The van der Waals surface area contributed by atoms with Gasteiger partial charge in [-0.2, -0.15) is 0 Å². The van der Waals surface area contributed by atoms with Crippen molar-refractivity contribution in [1.29, 1.82) is 0 Å². The van der Waals surface area contributed by atoms with Gasteiger partial charge in [0.1, 0.15) is 4.99 Å². The second-order valence-electron chi connectivity index (χ2n) is 2.36. The lowest BCUT2D eigenvalue weighted by atomic mass is 10.1. The van der Waals surface area contributed by atoms with E-state index >= 15 is 0 Å². The van der Waals surface area contributed by atoms with Gasteiger partial charge in [-0.25, -0.2) is 0 Å². The quantitative estimate of drug-likeness (QED) is 0.465. The number of rotatable bonds is 2. The smallest absolute Gasteiger partial charge is 0.103 e. The Morgan fingerprint density at radius 2 is 2.10 bits per heavy atom. The van der Waals surface area contributed by atoms with Gasteiger partial charge in [-0.05, 0) is 5.92 Å². The fourth-order valence-corrected chi connectivity index (χ4v) is 0.978. The third-order valence-electron chi connectivity index (χ3n) is 1.29. The SMILES string of the molecule is CNC(=S)/C(=C\N)C(C)C. The van der Waals surface area contributed by atoms with Gasteiger partial charge in [-0.15, -0.1) is 0 Å². The predicted octanol–water partition coefficient (Wildman–Crippen LogP) is 1.03. The number of likely N-dealkylation sites (N-methyl/N-ethyl adjacent to an activating group) is 1. The van der Waals surface area contributed by atoms with Crippen LogP contribution in [0.4, 0.5) is 0 Å². The van der Waals surface area contributed by atoms with Gasteiger partial charge >= 0.3 is 0 Å². The number of hydrogen-bond acceptors (Lipinski definition) is 2. The van der Waals surface area contributed by atoms with Crippen molar-refractivity contribution < 1.29 is 0 Å². The number of nitrogens with two attached hydrogens (primary N) is 1. The Hall–Kier alpha value is -0.570. The molecule has 0 aliphatic carbocycles. The van der Waals surface area contributed by atoms with Crippen molar-refractivity contribution in [3.05, 3.63) is 11.8 Å². The maximum Gasteiger partial charge on any atom is 0.103 e. The maximum atomic E-state index is 5.36. The van der Waals surface area contributed by atoms with E-state index in [4.69, 9.17) is 18.0 Å². The number of thiocarbonyl (C=S) groups is 1. The standard InChI is InChI=1S/C7H14N2S/c1-5(2)6(4-8)7(10)9-3/h4-5H,8H2,1-3H3,(H,9,10)/b6-4-. The summed E-state index contributed by atoms with van der Waals surface area (Å²) in [6, 6.07) is 0. The number of hydrogen-bond donors (Lipinski definition) is 2. The molecule has 0 bridgehead atoms. The molecular formula is C7H14N2S. The molecule has 0 spiro atoms. The number of nitrogens with one attached hydrogen (secondary N) is 1. The highest BCUT2D eigenvalue weighted by Crippen LogP contribution is 2.08. The molecule has 0 aliphatic rings. The van der Waals surface area contributed by atoms with Crippen LogP contribution in [-0.2, 0) is 0 Å². The molecule has 0 amide bonds. The molecular weight excluding hydrogens is 144 g/mol. The molecule has 3 N–H and O–H groups in total. The minimum Gasteiger partial charge on any atom is -0.404 e. The van der Waals surface area contributed by atoms with Crippen LogP contribution in [0.5, 0.6) is 0 Å². The van der Waals surface area contributed by atoms with E-state index in [1.54, 1.807) is 13.2 Å². The predicted molar refractivity (Wildman–Crippen MR) is 48.8 cm³/mol. The van der Waals surface area contributed by atoms with E-state index in [0.29, 0.717) is 5.92 Å². The van der Waals surface area contributed by atoms with E-state index < -0.39 is 0 Å². The van der Waals surface area contributed by atoms with Gasteiger partial charge in [0.05, 0.1) is 0 Å². The molecule has 0 rings (SSSR count). The van der Waals surface area contributed by atoms with Crippen LogP contribution in [0.3, 0.4) is 0 Å². The van der Waals surface area contributed by atoms with Gasteiger partial charge < -0.3 is 11.1 Å². The van der Waals surface area contributed by atoms with E-state index in [1.807, 2.05) is 0 Å². The molecule has 0 saturated carbocycles. The van der Waals surface area contributed by atoms with Gasteiger partial charge in [-0.1, -0.05) is 26.1 Å². The van der Waals surface area contributed by atoms with Crippen molar-refractivity contribution >= 4 is 17.2 Å². The Kier molecular flexibility index (Phi) is 4.03. The zero-order chi connectivity index (χ0) is 8.15. The van der Waals surface area contributed by atoms with Crippen LogP contribution in [-0.4, -0.2) is 12.0 Å². The summed E-state index contributed by atoms with van der Waals surface area (Å²) < 4.78 is 0. The Morgan fingerprint density at radius 1 is 1.60 bits per heavy atom. The molecule has 0 fully saturated rings. The van der Waals surface area contributed by atoms with Crippen LogP contribution < -0.4 is 11.1 Å². The van der Waals surface area contributed by atoms with Crippen LogP contribution in [0.25, 0.3) is 0 Å². The zero-order valence-electron chi connectivity index (χ0n) is 6.64. The van der Waals surface area contributed by atoms with Crippen molar-refractivity contribution in [3.63, 3.8) is 0 Å². The van der Waals surface area contributed by atoms with Crippen molar-refractivity contribution in [2.45, 2.75) is 13.8 Å². The van der Waals surface area contributed by atoms with Gasteiger partial charge in [-0.3, -0.25) is 0 Å². The minimum atomic E-state index is 0.393. The van der Waals surface area contributed by atoms with Crippen LogP contribution in [0, 0.1) is 5.92 Å². The van der Waals surface area contributed by atoms with E-state index in [9.17, 15) is 0 Å². The molecule has 0 saturated heterocycles. The zero-order valence-corrected chi connectivity index (χ0v) is 7.46. The largest absolute Gasteiger partial charge is 0.404 e. The second-order valence-corrected chi connectivity index (χ2v) is 2.76. The van der Waals surface area contributed by atoms with Crippen LogP contribution in [0.15, 0.2) is 11.8 Å². The average Bonchev–Trinajstić information content (AvgIpc) is 1.88. The third kappa shape index (κ3) is 2.35. The Balaban J connectivity index is 4.24. The molecule has 0 heterocycles. The first-order valence-electron chi connectivity index (χ1n) is 3.27. The van der Waals surface area contributed by atoms with E-state index in [0.717, 1.165) is 10.6 Å². The Bertz CT molecular complexity index is 150. The summed E-state index contributed by atoms with van der Waals surface area (Å²) in [5.74, 6) is 0.393. The molecule has 0 unspecified atom stereocenters. The van der Waals surface area contributed by atoms with E-state index in [-0.39, 0.29) is 0 Å². The normalized spacial score (nSPS) is 11.8. The summed E-state index contributed by atoms with van der Waals surface area (Å²) in [5, 5.41) is 2.88. The molecule has 0 atom stereocenters. The van der Waals surface area contributed by atoms with Gasteiger partial charge in [0.15, 0.2) is 0 Å². The molecule has 0 aromatic heterocycles. The molecule has 0 aromatic rings. The Labute approximate surface area is 67.5 Å². The summed E-state index contributed by atoms with van der Waals surface area (Å²) >= 11 is 4.99. The first kappa shape index (κ1) is 9.43. The highest BCUT2D eigenvalue weighted by atomic mass is 32.1. The summed E-state index contributed by atoms with van der Waals surface area (Å²) in [7, 11) is 1.80. The molecule has 58 valence electrons. The first-order chi connectivity index (χ1) is 4.63. The fourth-order valence-electron chi connectivity index (χ4n) is 0.675. The summed E-state index contributed by atoms with van der Waals surface area (Å²) in [6.07, 6.45) is 1.56. The summed E-state index contributed by atoms with van der Waals surface area (Å²) in [5.41, 5.74) is 6.36. The highest BCUT2D eigenvalue weighted by Gasteiger charge is 2.05. The van der Waals surface area contributed by atoms with Crippen LogP contribution in [0.2, 0.25) is 0 Å². The van der Waals surface area contributed by atoms with Crippen molar-refractivity contribution in [2.75, 3.05) is 7.05 Å². The second kappa shape index (κ2) is 4.28. The van der Waals surface area contributed by atoms with Crippen molar-refractivity contribution in [3.8, 4) is 0 Å². The third-order valence-corrected chi connectivity index (χ3v) is 1.73.